The Morgan fingerprint density at radius 3 is 2.46 bits per heavy atom. The van der Waals surface area contributed by atoms with Crippen LogP contribution in [0.1, 0.15) is 12.5 Å². The van der Waals surface area contributed by atoms with Gasteiger partial charge in [0.25, 0.3) is 11.6 Å². The van der Waals surface area contributed by atoms with Crippen LogP contribution in [0.2, 0.25) is 0 Å². The van der Waals surface area contributed by atoms with Crippen molar-refractivity contribution in [3.63, 3.8) is 0 Å². The van der Waals surface area contributed by atoms with Crippen molar-refractivity contribution in [2.75, 3.05) is 0 Å². The minimum Gasteiger partial charge on any atom is -0.508 e. The van der Waals surface area contributed by atoms with Crippen LogP contribution in [-0.2, 0) is 4.79 Å². The van der Waals surface area contributed by atoms with E-state index in [4.69, 9.17) is 9.84 Å². The summed E-state index contributed by atoms with van der Waals surface area (Å²) in [5.41, 5.74) is 2.98. The minimum atomic E-state index is -0.830. The molecule has 1 atom stereocenters. The lowest BCUT2D eigenvalue weighted by atomic mass is 10.2. The van der Waals surface area contributed by atoms with Crippen molar-refractivity contribution in [1.82, 2.24) is 5.43 Å². The van der Waals surface area contributed by atoms with E-state index in [2.05, 4.69) is 10.5 Å². The third-order valence-corrected chi connectivity index (χ3v) is 3.01. The summed E-state index contributed by atoms with van der Waals surface area (Å²) in [4.78, 5) is 21.9. The average molecular weight is 329 g/mol. The largest absolute Gasteiger partial charge is 0.508 e. The number of hydrogen-bond acceptors (Lipinski definition) is 6. The second kappa shape index (κ2) is 7.73. The molecular formula is C16H15N3O5. The Morgan fingerprint density at radius 1 is 1.25 bits per heavy atom. The number of carbonyl (C=O) groups is 1. The molecule has 0 saturated heterocycles. The van der Waals surface area contributed by atoms with Crippen molar-refractivity contribution in [3.05, 3.63) is 64.2 Å². The van der Waals surface area contributed by atoms with Gasteiger partial charge in [-0.05, 0) is 48.9 Å². The van der Waals surface area contributed by atoms with Gasteiger partial charge in [0.1, 0.15) is 11.5 Å². The first-order valence-electron chi connectivity index (χ1n) is 6.99. The molecule has 0 aliphatic heterocycles. The number of phenolic OH excluding ortho intramolecular Hbond substituents is 1. The molecule has 8 nitrogen and oxygen atoms in total. The Bertz CT molecular complexity index is 741. The maximum absolute atomic E-state index is 11.9. The number of phenols is 1. The van der Waals surface area contributed by atoms with Crippen molar-refractivity contribution in [2.24, 2.45) is 5.10 Å². The molecule has 24 heavy (non-hydrogen) atoms. The molecule has 0 spiro atoms. The number of nitrogens with one attached hydrogen (secondary N) is 1. The van der Waals surface area contributed by atoms with E-state index in [1.165, 1.54) is 49.5 Å². The lowest BCUT2D eigenvalue weighted by Crippen LogP contribution is -2.33. The van der Waals surface area contributed by atoms with Crippen molar-refractivity contribution in [2.45, 2.75) is 13.0 Å². The summed E-state index contributed by atoms with van der Waals surface area (Å²) in [6, 6.07) is 11.7. The fraction of sp³-hybridized carbons (Fsp3) is 0.125. The van der Waals surface area contributed by atoms with Gasteiger partial charge < -0.3 is 9.84 Å². The lowest BCUT2D eigenvalue weighted by Gasteiger charge is -2.12. The predicted molar refractivity (Wildman–Crippen MR) is 87.0 cm³/mol. The fourth-order valence-electron chi connectivity index (χ4n) is 1.73. The summed E-state index contributed by atoms with van der Waals surface area (Å²) in [5, 5.41) is 23.5. The standard InChI is InChI=1S/C16H15N3O5/c1-11(24-15-8-4-13(5-9-15)19(22)23)16(21)18-17-10-12-2-6-14(20)7-3-12/h2-11,20H,1H3,(H,18,21). The first kappa shape index (κ1) is 16.9. The van der Waals surface area contributed by atoms with Gasteiger partial charge in [-0.2, -0.15) is 5.10 Å². The van der Waals surface area contributed by atoms with E-state index in [9.17, 15) is 14.9 Å². The van der Waals surface area contributed by atoms with Crippen LogP contribution in [0.5, 0.6) is 11.5 Å². The van der Waals surface area contributed by atoms with E-state index in [-0.39, 0.29) is 11.4 Å². The maximum Gasteiger partial charge on any atom is 0.280 e. The van der Waals surface area contributed by atoms with Gasteiger partial charge in [0.15, 0.2) is 6.10 Å². The predicted octanol–water partition coefficient (Wildman–Crippen LogP) is 2.22. The molecule has 1 amide bonds. The summed E-state index contributed by atoms with van der Waals surface area (Å²) < 4.78 is 5.39. The molecule has 8 heteroatoms. The number of hydrazone groups is 1. The maximum atomic E-state index is 11.9. The third kappa shape index (κ3) is 4.80. The summed E-state index contributed by atoms with van der Waals surface area (Å²) in [6.07, 6.45) is 0.596. The number of non-ortho nitro benzene ring substituents is 1. The van der Waals surface area contributed by atoms with E-state index in [0.717, 1.165) is 0 Å². The second-order valence-electron chi connectivity index (χ2n) is 4.84. The summed E-state index contributed by atoms with van der Waals surface area (Å²) >= 11 is 0. The van der Waals surface area contributed by atoms with Gasteiger partial charge in [0.2, 0.25) is 0 Å². The van der Waals surface area contributed by atoms with E-state index in [1.807, 2.05) is 0 Å². The van der Waals surface area contributed by atoms with Crippen LogP contribution in [0.3, 0.4) is 0 Å². The number of carbonyl (C=O) groups excluding carboxylic acids is 1. The van der Waals surface area contributed by atoms with Gasteiger partial charge in [-0.1, -0.05) is 0 Å². The summed E-state index contributed by atoms with van der Waals surface area (Å²) in [7, 11) is 0. The van der Waals surface area contributed by atoms with Crippen molar-refractivity contribution >= 4 is 17.8 Å². The van der Waals surface area contributed by atoms with Gasteiger partial charge in [-0.3, -0.25) is 14.9 Å². The Labute approximate surface area is 137 Å². The van der Waals surface area contributed by atoms with Gasteiger partial charge in [0, 0.05) is 12.1 Å². The van der Waals surface area contributed by atoms with Crippen LogP contribution in [0.4, 0.5) is 5.69 Å². The molecule has 2 rings (SSSR count). The molecule has 0 saturated carbocycles. The van der Waals surface area contributed by atoms with Gasteiger partial charge >= 0.3 is 0 Å². The van der Waals surface area contributed by atoms with Crippen molar-refractivity contribution < 1.29 is 19.6 Å². The molecule has 0 bridgehead atoms. The monoisotopic (exact) mass is 329 g/mol. The molecule has 124 valence electrons. The highest BCUT2D eigenvalue weighted by Crippen LogP contribution is 2.18. The van der Waals surface area contributed by atoms with Crippen LogP contribution in [0, 0.1) is 10.1 Å². The molecule has 0 fully saturated rings. The number of hydrogen-bond donors (Lipinski definition) is 2. The Kier molecular flexibility index (Phi) is 5.45. The van der Waals surface area contributed by atoms with Crippen LogP contribution >= 0.6 is 0 Å². The first-order valence-corrected chi connectivity index (χ1v) is 6.99. The lowest BCUT2D eigenvalue weighted by molar-refractivity contribution is -0.384. The van der Waals surface area contributed by atoms with E-state index in [1.54, 1.807) is 12.1 Å². The van der Waals surface area contributed by atoms with Gasteiger partial charge in [-0.15, -0.1) is 0 Å². The number of benzene rings is 2. The zero-order valence-electron chi connectivity index (χ0n) is 12.7. The Hall–Kier alpha value is -3.42. The zero-order chi connectivity index (χ0) is 17.5. The molecule has 0 radical (unpaired) electrons. The number of amides is 1. The smallest absolute Gasteiger partial charge is 0.280 e. The van der Waals surface area contributed by atoms with Crippen LogP contribution in [0.25, 0.3) is 0 Å². The number of aromatic hydroxyl groups is 1. The van der Waals surface area contributed by atoms with Gasteiger partial charge in [-0.25, -0.2) is 5.43 Å². The Balaban J connectivity index is 1.87. The summed E-state index contributed by atoms with van der Waals surface area (Å²) in [6.45, 7) is 1.53. The van der Waals surface area contributed by atoms with Gasteiger partial charge in [0.05, 0.1) is 11.1 Å². The number of nitrogens with zero attached hydrogens (tertiary/aromatic N) is 2. The molecule has 2 aromatic carbocycles. The second-order valence-corrected chi connectivity index (χ2v) is 4.84. The molecular weight excluding hydrogens is 314 g/mol. The minimum absolute atomic E-state index is 0.0575. The third-order valence-electron chi connectivity index (χ3n) is 3.01. The Morgan fingerprint density at radius 2 is 1.88 bits per heavy atom. The van der Waals surface area contributed by atoms with E-state index < -0.39 is 16.9 Å². The van der Waals surface area contributed by atoms with Crippen molar-refractivity contribution in [3.8, 4) is 11.5 Å². The average Bonchev–Trinajstić information content (AvgIpc) is 2.57. The molecule has 0 aliphatic rings. The molecule has 1 unspecified atom stereocenters. The highest BCUT2D eigenvalue weighted by atomic mass is 16.6. The van der Waals surface area contributed by atoms with E-state index >= 15 is 0 Å². The van der Waals surface area contributed by atoms with Crippen LogP contribution in [0.15, 0.2) is 53.6 Å². The molecule has 2 aromatic rings. The first-order chi connectivity index (χ1) is 11.5. The molecule has 2 N–H and O–H groups in total. The normalized spacial score (nSPS) is 11.9. The zero-order valence-corrected chi connectivity index (χ0v) is 12.7. The highest BCUT2D eigenvalue weighted by molar-refractivity contribution is 5.84. The topological polar surface area (TPSA) is 114 Å². The molecule has 0 aliphatic carbocycles. The SMILES string of the molecule is CC(Oc1ccc([N+](=O)[O-])cc1)C(=O)NN=Cc1ccc(O)cc1. The number of nitro benzene ring substituents is 1. The molecule has 0 aromatic heterocycles. The van der Waals surface area contributed by atoms with E-state index in [0.29, 0.717) is 11.3 Å². The highest BCUT2D eigenvalue weighted by Gasteiger charge is 2.14. The van der Waals surface area contributed by atoms with Crippen LogP contribution < -0.4 is 10.2 Å². The number of rotatable bonds is 6. The van der Waals surface area contributed by atoms with Crippen molar-refractivity contribution in [1.29, 1.82) is 0 Å². The molecule has 0 heterocycles. The fourth-order valence-corrected chi connectivity index (χ4v) is 1.73. The number of nitro groups is 1. The van der Waals surface area contributed by atoms with Crippen LogP contribution in [-0.4, -0.2) is 28.3 Å². The number of ether oxygens (including phenoxy) is 1. The summed E-state index contributed by atoms with van der Waals surface area (Å²) in [5.74, 6) is 0.00968. The quantitative estimate of drug-likeness (QED) is 0.479.